The third-order valence-corrected chi connectivity index (χ3v) is 3.73. The van der Waals surface area contributed by atoms with E-state index in [4.69, 9.17) is 23.2 Å². The van der Waals surface area contributed by atoms with Gasteiger partial charge in [-0.2, -0.15) is 0 Å². The zero-order valence-corrected chi connectivity index (χ0v) is 11.8. The first-order valence-electron chi connectivity index (χ1n) is 5.83. The second-order valence-electron chi connectivity index (χ2n) is 4.41. The van der Waals surface area contributed by atoms with E-state index in [0.717, 1.165) is 0 Å². The first-order valence-corrected chi connectivity index (χ1v) is 6.59. The van der Waals surface area contributed by atoms with Crippen LogP contribution in [-0.4, -0.2) is 31.4 Å². The Morgan fingerprint density at radius 2 is 2.11 bits per heavy atom. The van der Waals surface area contributed by atoms with Crippen LogP contribution < -0.4 is 5.32 Å². The Kier molecular flexibility index (Phi) is 4.45. The molecule has 0 aliphatic carbocycles. The summed E-state index contributed by atoms with van der Waals surface area (Å²) in [6.45, 7) is 0.442. The Labute approximate surface area is 121 Å². The van der Waals surface area contributed by atoms with Crippen LogP contribution in [0.3, 0.4) is 0 Å². The quantitative estimate of drug-likeness (QED) is 0.688. The van der Waals surface area contributed by atoms with Gasteiger partial charge in [0.25, 0.3) is 0 Å². The molecule has 6 heteroatoms. The van der Waals surface area contributed by atoms with Crippen LogP contribution in [0.2, 0.25) is 10.0 Å². The van der Waals surface area contributed by atoms with Crippen molar-refractivity contribution in [3.05, 3.63) is 33.8 Å². The van der Waals surface area contributed by atoms with Crippen molar-refractivity contribution in [1.29, 1.82) is 0 Å². The molecule has 102 valence electrons. The third-order valence-electron chi connectivity index (χ3n) is 3.18. The van der Waals surface area contributed by atoms with Crippen molar-refractivity contribution in [1.82, 2.24) is 5.32 Å². The molecular formula is C13H13Cl2NO3. The molecule has 0 saturated carbocycles. The molecule has 2 atom stereocenters. The van der Waals surface area contributed by atoms with Crippen molar-refractivity contribution in [2.45, 2.75) is 12.5 Å². The lowest BCUT2D eigenvalue weighted by atomic mass is 9.95. The minimum absolute atomic E-state index is 0.0828. The molecule has 2 rings (SSSR count). The number of Topliss-reactive ketones (excluding diaryl/α,β-unsaturated/α-hetero) is 1. The summed E-state index contributed by atoms with van der Waals surface area (Å²) >= 11 is 11.8. The molecule has 0 bridgehead atoms. The maximum Gasteiger partial charge on any atom is 0.322 e. The molecule has 1 aliphatic heterocycles. The Balaban J connectivity index is 2.11. The highest BCUT2D eigenvalue weighted by Gasteiger charge is 2.35. The molecule has 1 N–H and O–H groups in total. The average Bonchev–Trinajstić information content (AvgIpc) is 2.86. The molecular weight excluding hydrogens is 289 g/mol. The summed E-state index contributed by atoms with van der Waals surface area (Å²) in [7, 11) is 1.33. The highest BCUT2D eigenvalue weighted by Crippen LogP contribution is 2.26. The molecule has 0 spiro atoms. The van der Waals surface area contributed by atoms with Crippen LogP contribution in [0.15, 0.2) is 18.2 Å². The number of hydrogen-bond acceptors (Lipinski definition) is 4. The van der Waals surface area contributed by atoms with E-state index in [1.165, 1.54) is 13.2 Å². The molecule has 1 saturated heterocycles. The van der Waals surface area contributed by atoms with Gasteiger partial charge in [-0.15, -0.1) is 0 Å². The first-order chi connectivity index (χ1) is 9.02. The number of nitrogens with one attached hydrogen (secondary N) is 1. The molecule has 1 aliphatic rings. The number of ether oxygens (including phenoxy) is 1. The van der Waals surface area contributed by atoms with Crippen molar-refractivity contribution in [3.63, 3.8) is 0 Å². The molecule has 1 aromatic carbocycles. The lowest BCUT2D eigenvalue weighted by molar-refractivity contribution is -0.142. The highest BCUT2D eigenvalue weighted by atomic mass is 35.5. The molecule has 1 heterocycles. The number of carbonyl (C=O) groups excluding carboxylic acids is 2. The second-order valence-corrected chi connectivity index (χ2v) is 5.25. The Hall–Kier alpha value is -1.10. The molecule has 0 radical (unpaired) electrons. The molecule has 19 heavy (non-hydrogen) atoms. The van der Waals surface area contributed by atoms with Gasteiger partial charge in [0, 0.05) is 23.0 Å². The normalized spacial score (nSPS) is 22.3. The number of benzene rings is 1. The topological polar surface area (TPSA) is 55.4 Å². The standard InChI is InChI=1S/C13H13Cl2NO3/c1-19-13(18)11-4-7(6-16-11)12(17)9-3-2-8(14)5-10(9)15/h2-3,5,7,11,16H,4,6H2,1H3. The van der Waals surface area contributed by atoms with Crippen molar-refractivity contribution < 1.29 is 14.3 Å². The molecule has 2 unspecified atom stereocenters. The zero-order chi connectivity index (χ0) is 14.0. The van der Waals surface area contributed by atoms with E-state index in [-0.39, 0.29) is 17.7 Å². The smallest absolute Gasteiger partial charge is 0.322 e. The number of methoxy groups -OCH3 is 1. The van der Waals surface area contributed by atoms with Crippen molar-refractivity contribution in [2.75, 3.05) is 13.7 Å². The fourth-order valence-electron chi connectivity index (χ4n) is 2.17. The Bertz CT molecular complexity index is 519. The van der Waals surface area contributed by atoms with Crippen LogP contribution in [0.25, 0.3) is 0 Å². The highest BCUT2D eigenvalue weighted by molar-refractivity contribution is 6.36. The fourth-order valence-corrected chi connectivity index (χ4v) is 2.67. The number of esters is 1. The lowest BCUT2D eigenvalue weighted by Crippen LogP contribution is -2.31. The van der Waals surface area contributed by atoms with Gasteiger partial charge in [-0.05, 0) is 24.6 Å². The van der Waals surface area contributed by atoms with Crippen molar-refractivity contribution in [3.8, 4) is 0 Å². The second kappa shape index (κ2) is 5.90. The van der Waals surface area contributed by atoms with Crippen LogP contribution in [-0.2, 0) is 9.53 Å². The minimum atomic E-state index is -0.426. The molecule has 0 aromatic heterocycles. The summed E-state index contributed by atoms with van der Waals surface area (Å²) in [4.78, 5) is 23.7. The van der Waals surface area contributed by atoms with E-state index >= 15 is 0 Å². The van der Waals surface area contributed by atoms with Gasteiger partial charge >= 0.3 is 5.97 Å². The third kappa shape index (κ3) is 3.08. The first kappa shape index (κ1) is 14.3. The number of halogens is 2. The van der Waals surface area contributed by atoms with Gasteiger partial charge in [-0.3, -0.25) is 9.59 Å². The van der Waals surface area contributed by atoms with Crippen LogP contribution >= 0.6 is 23.2 Å². The van der Waals surface area contributed by atoms with Gasteiger partial charge in [-0.1, -0.05) is 23.2 Å². The van der Waals surface area contributed by atoms with E-state index in [2.05, 4.69) is 10.1 Å². The van der Waals surface area contributed by atoms with Gasteiger partial charge in [0.2, 0.25) is 0 Å². The van der Waals surface area contributed by atoms with Crippen LogP contribution in [0.1, 0.15) is 16.8 Å². The minimum Gasteiger partial charge on any atom is -0.468 e. The molecule has 4 nitrogen and oxygen atoms in total. The van der Waals surface area contributed by atoms with Crippen molar-refractivity contribution >= 4 is 35.0 Å². The summed E-state index contributed by atoms with van der Waals surface area (Å²) in [6.07, 6.45) is 0.421. The number of hydrogen-bond donors (Lipinski definition) is 1. The van der Waals surface area contributed by atoms with E-state index in [1.807, 2.05) is 0 Å². The van der Waals surface area contributed by atoms with E-state index < -0.39 is 6.04 Å². The predicted octanol–water partition coefficient (Wildman–Crippen LogP) is 2.33. The summed E-state index contributed by atoms with van der Waals surface area (Å²) in [5.74, 6) is -0.708. The van der Waals surface area contributed by atoms with Gasteiger partial charge in [-0.25, -0.2) is 0 Å². The fraction of sp³-hybridized carbons (Fsp3) is 0.385. The van der Waals surface area contributed by atoms with Gasteiger partial charge in [0.05, 0.1) is 12.1 Å². The van der Waals surface area contributed by atoms with E-state index in [9.17, 15) is 9.59 Å². The largest absolute Gasteiger partial charge is 0.468 e. The number of rotatable bonds is 3. The summed E-state index contributed by atoms with van der Waals surface area (Å²) in [5.41, 5.74) is 0.434. The van der Waals surface area contributed by atoms with Gasteiger partial charge < -0.3 is 10.1 Å². The summed E-state index contributed by atoms with van der Waals surface area (Å²) in [5, 5.41) is 3.79. The summed E-state index contributed by atoms with van der Waals surface area (Å²) in [6, 6.07) is 4.35. The van der Waals surface area contributed by atoms with E-state index in [1.54, 1.807) is 12.1 Å². The average molecular weight is 302 g/mol. The molecule has 1 aromatic rings. The maximum atomic E-state index is 12.3. The summed E-state index contributed by atoms with van der Waals surface area (Å²) < 4.78 is 4.65. The predicted molar refractivity (Wildman–Crippen MR) is 72.7 cm³/mol. The number of carbonyl (C=O) groups is 2. The van der Waals surface area contributed by atoms with Gasteiger partial charge in [0.15, 0.2) is 5.78 Å². The molecule has 1 fully saturated rings. The Morgan fingerprint density at radius 3 is 2.74 bits per heavy atom. The van der Waals surface area contributed by atoms with Gasteiger partial charge in [0.1, 0.15) is 6.04 Å². The van der Waals surface area contributed by atoms with Crippen LogP contribution in [0.5, 0.6) is 0 Å². The SMILES string of the molecule is COC(=O)C1CC(C(=O)c2ccc(Cl)cc2Cl)CN1. The van der Waals surface area contributed by atoms with E-state index in [0.29, 0.717) is 28.6 Å². The lowest BCUT2D eigenvalue weighted by Gasteiger charge is -2.09. The van der Waals surface area contributed by atoms with Crippen molar-refractivity contribution in [2.24, 2.45) is 5.92 Å². The monoisotopic (exact) mass is 301 g/mol. The van der Waals surface area contributed by atoms with Crippen LogP contribution in [0, 0.1) is 5.92 Å². The van der Waals surface area contributed by atoms with Crippen LogP contribution in [0.4, 0.5) is 0 Å². The zero-order valence-electron chi connectivity index (χ0n) is 10.3. The number of ketones is 1. The Morgan fingerprint density at radius 1 is 1.37 bits per heavy atom. The maximum absolute atomic E-state index is 12.3. The molecule has 0 amide bonds.